The van der Waals surface area contributed by atoms with E-state index < -0.39 is 0 Å². The first kappa shape index (κ1) is 18.7. The average molecular weight is 343 g/mol. The van der Waals surface area contributed by atoms with Crippen LogP contribution in [0.1, 0.15) is 54.7 Å². The summed E-state index contributed by atoms with van der Waals surface area (Å²) in [5.74, 6) is -0.216. The first-order chi connectivity index (χ1) is 11.9. The van der Waals surface area contributed by atoms with Crippen LogP contribution in [0.25, 0.3) is 0 Å². The van der Waals surface area contributed by atoms with Crippen molar-refractivity contribution >= 4 is 17.6 Å². The van der Waals surface area contributed by atoms with Gasteiger partial charge >= 0.3 is 5.97 Å². The molecule has 134 valence electrons. The first-order valence-electron chi connectivity index (χ1n) is 8.49. The van der Waals surface area contributed by atoms with Crippen molar-refractivity contribution in [3.8, 4) is 0 Å². The summed E-state index contributed by atoms with van der Waals surface area (Å²) in [6.45, 7) is 6.76. The van der Waals surface area contributed by atoms with Crippen LogP contribution in [-0.2, 0) is 22.5 Å². The van der Waals surface area contributed by atoms with Crippen molar-refractivity contribution in [1.82, 2.24) is 9.78 Å². The van der Waals surface area contributed by atoms with Crippen molar-refractivity contribution in [3.05, 3.63) is 47.3 Å². The van der Waals surface area contributed by atoms with Crippen LogP contribution in [0, 0.1) is 0 Å². The maximum Gasteiger partial charge on any atom is 0.305 e. The number of rotatable bonds is 7. The lowest BCUT2D eigenvalue weighted by molar-refractivity contribution is -0.140. The zero-order valence-electron chi connectivity index (χ0n) is 15.2. The van der Waals surface area contributed by atoms with Gasteiger partial charge in [-0.25, -0.2) is 0 Å². The van der Waals surface area contributed by atoms with Crippen LogP contribution in [0.5, 0.6) is 0 Å². The summed E-state index contributed by atoms with van der Waals surface area (Å²) >= 11 is 0. The molecule has 6 heteroatoms. The second-order valence-corrected chi connectivity index (χ2v) is 6.17. The van der Waals surface area contributed by atoms with Crippen LogP contribution in [0.3, 0.4) is 0 Å². The summed E-state index contributed by atoms with van der Waals surface area (Å²) in [6.07, 6.45) is 2.74. The molecule has 0 aliphatic heterocycles. The Balaban J connectivity index is 2.05. The molecule has 1 heterocycles. The van der Waals surface area contributed by atoms with Gasteiger partial charge in [0, 0.05) is 24.8 Å². The number of nitrogens with zero attached hydrogens (tertiary/aromatic N) is 2. The van der Waals surface area contributed by atoms with Crippen LogP contribution in [0.15, 0.2) is 30.5 Å². The molecule has 6 nitrogen and oxygen atoms in total. The Hall–Kier alpha value is -2.63. The van der Waals surface area contributed by atoms with Gasteiger partial charge in [0.15, 0.2) is 0 Å². The quantitative estimate of drug-likeness (QED) is 0.782. The molecule has 0 atom stereocenters. The number of aryl methyl sites for hydroxylation is 2. The van der Waals surface area contributed by atoms with Crippen LogP contribution < -0.4 is 5.32 Å². The first-order valence-corrected chi connectivity index (χ1v) is 8.49. The van der Waals surface area contributed by atoms with Crippen molar-refractivity contribution in [2.24, 2.45) is 0 Å². The Labute approximate surface area is 148 Å². The molecule has 0 unspecified atom stereocenters. The Morgan fingerprint density at radius 2 is 1.92 bits per heavy atom. The van der Waals surface area contributed by atoms with Crippen molar-refractivity contribution < 1.29 is 14.3 Å². The highest BCUT2D eigenvalue weighted by molar-refractivity contribution is 6.05. The Morgan fingerprint density at radius 3 is 2.48 bits per heavy atom. The number of aromatic nitrogens is 2. The summed E-state index contributed by atoms with van der Waals surface area (Å²) in [6, 6.07) is 7.47. The van der Waals surface area contributed by atoms with Crippen LogP contribution >= 0.6 is 0 Å². The number of amides is 1. The molecule has 0 aliphatic rings. The zero-order valence-corrected chi connectivity index (χ0v) is 15.2. The standard InChI is InChI=1S/C19H25N3O3/c1-5-22-12-16(18(21-22)13(2)3)19(24)20-15-9-6-14(7-10-15)8-11-17(23)25-4/h6-7,9-10,12-13H,5,8,11H2,1-4H3,(H,20,24). The van der Waals surface area contributed by atoms with E-state index in [1.165, 1.54) is 7.11 Å². The van der Waals surface area contributed by atoms with Gasteiger partial charge in [-0.05, 0) is 37.0 Å². The molecule has 0 saturated carbocycles. The Kier molecular flexibility index (Phi) is 6.33. The lowest BCUT2D eigenvalue weighted by Crippen LogP contribution is -2.13. The highest BCUT2D eigenvalue weighted by atomic mass is 16.5. The molecule has 0 saturated heterocycles. The SMILES string of the molecule is CCn1cc(C(=O)Nc2ccc(CCC(=O)OC)cc2)c(C(C)C)n1. The molecule has 0 spiro atoms. The number of benzene rings is 1. The summed E-state index contributed by atoms with van der Waals surface area (Å²) in [5, 5.41) is 7.38. The van der Waals surface area contributed by atoms with Crippen molar-refractivity contribution in [3.63, 3.8) is 0 Å². The van der Waals surface area contributed by atoms with Crippen molar-refractivity contribution in [2.45, 2.75) is 46.1 Å². The molecule has 0 radical (unpaired) electrons. The highest BCUT2D eigenvalue weighted by Gasteiger charge is 2.18. The predicted molar refractivity (Wildman–Crippen MR) is 96.7 cm³/mol. The number of carbonyl (C=O) groups excluding carboxylic acids is 2. The minimum absolute atomic E-state index is 0.161. The second-order valence-electron chi connectivity index (χ2n) is 6.17. The molecule has 1 N–H and O–H groups in total. The average Bonchev–Trinajstić information content (AvgIpc) is 3.05. The molecule has 1 amide bonds. The largest absolute Gasteiger partial charge is 0.469 e. The molecule has 1 aromatic carbocycles. The van der Waals surface area contributed by atoms with Gasteiger partial charge in [-0.1, -0.05) is 26.0 Å². The van der Waals surface area contributed by atoms with Crippen LogP contribution in [-0.4, -0.2) is 28.8 Å². The topological polar surface area (TPSA) is 73.2 Å². The molecule has 0 fully saturated rings. The van der Waals surface area contributed by atoms with E-state index >= 15 is 0 Å². The third kappa shape index (κ3) is 4.92. The van der Waals surface area contributed by atoms with Gasteiger partial charge in [0.1, 0.15) is 0 Å². The molecule has 0 bridgehead atoms. The fourth-order valence-electron chi connectivity index (χ4n) is 2.50. The zero-order chi connectivity index (χ0) is 18.4. The number of hydrogen-bond donors (Lipinski definition) is 1. The van der Waals surface area contributed by atoms with E-state index in [0.717, 1.165) is 17.8 Å². The summed E-state index contributed by atoms with van der Waals surface area (Å²) < 4.78 is 6.41. The number of anilines is 1. The maximum absolute atomic E-state index is 12.6. The normalized spacial score (nSPS) is 10.8. The molecule has 25 heavy (non-hydrogen) atoms. The van der Waals surface area contributed by atoms with Gasteiger partial charge < -0.3 is 10.1 Å². The van der Waals surface area contributed by atoms with E-state index in [1.54, 1.807) is 10.9 Å². The summed E-state index contributed by atoms with van der Waals surface area (Å²) in [4.78, 5) is 23.8. The number of methoxy groups -OCH3 is 1. The number of esters is 1. The number of nitrogens with one attached hydrogen (secondary N) is 1. The number of ether oxygens (including phenoxy) is 1. The molecular weight excluding hydrogens is 318 g/mol. The highest BCUT2D eigenvalue weighted by Crippen LogP contribution is 2.20. The van der Waals surface area contributed by atoms with Gasteiger partial charge in [-0.2, -0.15) is 5.10 Å². The third-order valence-electron chi connectivity index (χ3n) is 3.96. The fourth-order valence-corrected chi connectivity index (χ4v) is 2.50. The molecule has 1 aromatic heterocycles. The molecular formula is C19H25N3O3. The van der Waals surface area contributed by atoms with E-state index in [9.17, 15) is 9.59 Å². The maximum atomic E-state index is 12.6. The van der Waals surface area contributed by atoms with Crippen molar-refractivity contribution in [1.29, 1.82) is 0 Å². The minimum atomic E-state index is -0.230. The Bertz CT molecular complexity index is 733. The van der Waals surface area contributed by atoms with Gasteiger partial charge in [-0.15, -0.1) is 0 Å². The molecule has 2 rings (SSSR count). The van der Waals surface area contributed by atoms with Gasteiger partial charge in [-0.3, -0.25) is 14.3 Å². The summed E-state index contributed by atoms with van der Waals surface area (Å²) in [7, 11) is 1.38. The number of hydrogen-bond acceptors (Lipinski definition) is 4. The number of carbonyl (C=O) groups is 2. The van der Waals surface area contributed by atoms with Gasteiger partial charge in [0.05, 0.1) is 18.4 Å². The van der Waals surface area contributed by atoms with Crippen LogP contribution in [0.4, 0.5) is 5.69 Å². The smallest absolute Gasteiger partial charge is 0.305 e. The lowest BCUT2D eigenvalue weighted by Gasteiger charge is -2.08. The molecule has 2 aromatic rings. The van der Waals surface area contributed by atoms with E-state index in [4.69, 9.17) is 0 Å². The van der Waals surface area contributed by atoms with E-state index in [-0.39, 0.29) is 17.8 Å². The van der Waals surface area contributed by atoms with Crippen molar-refractivity contribution in [2.75, 3.05) is 12.4 Å². The monoisotopic (exact) mass is 343 g/mol. The van der Waals surface area contributed by atoms with Gasteiger partial charge in [0.25, 0.3) is 5.91 Å². The Morgan fingerprint density at radius 1 is 1.24 bits per heavy atom. The molecule has 0 aliphatic carbocycles. The van der Waals surface area contributed by atoms with Crippen LogP contribution in [0.2, 0.25) is 0 Å². The summed E-state index contributed by atoms with van der Waals surface area (Å²) in [5.41, 5.74) is 3.14. The van der Waals surface area contributed by atoms with Gasteiger partial charge in [0.2, 0.25) is 0 Å². The minimum Gasteiger partial charge on any atom is -0.469 e. The lowest BCUT2D eigenvalue weighted by atomic mass is 10.1. The predicted octanol–water partition coefficient (Wildman–Crippen LogP) is 3.38. The van der Waals surface area contributed by atoms with E-state index in [1.807, 2.05) is 45.0 Å². The van der Waals surface area contributed by atoms with E-state index in [0.29, 0.717) is 24.1 Å². The second kappa shape index (κ2) is 8.46. The van der Waals surface area contributed by atoms with E-state index in [2.05, 4.69) is 15.2 Å². The fraction of sp³-hybridized carbons (Fsp3) is 0.421. The third-order valence-corrected chi connectivity index (χ3v) is 3.96.